The Bertz CT molecular complexity index is 478. The maximum atomic E-state index is 10.3. The highest BCUT2D eigenvalue weighted by molar-refractivity contribution is 5.73. The van der Waals surface area contributed by atoms with E-state index in [1.54, 1.807) is 17.1 Å². The number of pyridine rings is 1. The van der Waals surface area contributed by atoms with Gasteiger partial charge in [0.2, 0.25) is 0 Å². The summed E-state index contributed by atoms with van der Waals surface area (Å²) in [6, 6.07) is 3.79. The Morgan fingerprint density at radius 2 is 2.40 bits per heavy atom. The molecule has 0 amide bonds. The van der Waals surface area contributed by atoms with Gasteiger partial charge in [-0.2, -0.15) is 5.10 Å². The highest BCUT2D eigenvalue weighted by Crippen LogP contribution is 2.10. The molecule has 0 aliphatic heterocycles. The average molecular weight is 205 g/mol. The first-order valence-electron chi connectivity index (χ1n) is 4.76. The van der Waals surface area contributed by atoms with Gasteiger partial charge in [0.25, 0.3) is 0 Å². The van der Waals surface area contributed by atoms with Gasteiger partial charge in [0.05, 0.1) is 6.20 Å². The molecular formula is C10H11N3O2. The Morgan fingerprint density at radius 3 is 3.20 bits per heavy atom. The van der Waals surface area contributed by atoms with Crippen molar-refractivity contribution >= 4 is 17.0 Å². The number of carboxylic acids is 1. The van der Waals surface area contributed by atoms with Gasteiger partial charge in [-0.15, -0.1) is 0 Å². The van der Waals surface area contributed by atoms with Crippen LogP contribution in [-0.4, -0.2) is 25.8 Å². The van der Waals surface area contributed by atoms with Crippen molar-refractivity contribution < 1.29 is 9.90 Å². The fourth-order valence-electron chi connectivity index (χ4n) is 1.46. The van der Waals surface area contributed by atoms with Gasteiger partial charge in [-0.1, -0.05) is 0 Å². The first kappa shape index (κ1) is 9.64. The number of carbonyl (C=O) groups is 1. The van der Waals surface area contributed by atoms with E-state index in [4.69, 9.17) is 5.11 Å². The van der Waals surface area contributed by atoms with Crippen LogP contribution < -0.4 is 0 Å². The summed E-state index contributed by atoms with van der Waals surface area (Å²) >= 11 is 0. The molecule has 0 bridgehead atoms. The molecule has 0 aliphatic carbocycles. The number of aromatic nitrogens is 3. The van der Waals surface area contributed by atoms with Gasteiger partial charge in [0, 0.05) is 24.5 Å². The quantitative estimate of drug-likeness (QED) is 0.816. The lowest BCUT2D eigenvalue weighted by molar-refractivity contribution is -0.137. The van der Waals surface area contributed by atoms with Crippen molar-refractivity contribution in [1.29, 1.82) is 0 Å². The fourth-order valence-corrected chi connectivity index (χ4v) is 1.46. The van der Waals surface area contributed by atoms with Gasteiger partial charge in [0.15, 0.2) is 5.65 Å². The Hall–Kier alpha value is -1.91. The second-order valence-electron chi connectivity index (χ2n) is 3.28. The third-order valence-corrected chi connectivity index (χ3v) is 2.16. The topological polar surface area (TPSA) is 68.0 Å². The SMILES string of the molecule is O=C(O)CCCn1ncc2cccnc21. The zero-order valence-corrected chi connectivity index (χ0v) is 8.13. The number of hydrogen-bond acceptors (Lipinski definition) is 3. The minimum Gasteiger partial charge on any atom is -0.481 e. The molecule has 0 saturated carbocycles. The molecule has 0 spiro atoms. The van der Waals surface area contributed by atoms with Crippen molar-refractivity contribution in [1.82, 2.24) is 14.8 Å². The van der Waals surface area contributed by atoms with Crippen molar-refractivity contribution in [2.75, 3.05) is 0 Å². The maximum absolute atomic E-state index is 10.3. The molecule has 0 radical (unpaired) electrons. The Morgan fingerprint density at radius 1 is 1.53 bits per heavy atom. The van der Waals surface area contributed by atoms with Crippen LogP contribution in [0.1, 0.15) is 12.8 Å². The van der Waals surface area contributed by atoms with Crippen molar-refractivity contribution in [2.45, 2.75) is 19.4 Å². The monoisotopic (exact) mass is 205 g/mol. The van der Waals surface area contributed by atoms with Crippen LogP contribution in [0.5, 0.6) is 0 Å². The maximum Gasteiger partial charge on any atom is 0.303 e. The lowest BCUT2D eigenvalue weighted by Gasteiger charge is -2.00. The second kappa shape index (κ2) is 4.08. The average Bonchev–Trinajstić information content (AvgIpc) is 2.62. The minimum absolute atomic E-state index is 0.161. The molecular weight excluding hydrogens is 194 g/mol. The van der Waals surface area contributed by atoms with Crippen molar-refractivity contribution in [3.63, 3.8) is 0 Å². The summed E-state index contributed by atoms with van der Waals surface area (Å²) in [5, 5.41) is 13.6. The molecule has 15 heavy (non-hydrogen) atoms. The Balaban J connectivity index is 2.11. The molecule has 1 N–H and O–H groups in total. The third kappa shape index (κ3) is 2.12. The molecule has 5 heteroatoms. The molecule has 0 saturated heterocycles. The Kier molecular flexibility index (Phi) is 2.62. The standard InChI is InChI=1S/C10H11N3O2/c14-9(15)4-2-6-13-10-8(7-12-13)3-1-5-11-10/h1,3,5,7H,2,4,6H2,(H,14,15). The van der Waals surface area contributed by atoms with Gasteiger partial charge < -0.3 is 5.11 Å². The first-order chi connectivity index (χ1) is 7.27. The zero-order chi connectivity index (χ0) is 10.7. The van der Waals surface area contributed by atoms with Gasteiger partial charge >= 0.3 is 5.97 Å². The molecule has 78 valence electrons. The molecule has 2 heterocycles. The molecule has 2 aromatic rings. The summed E-state index contributed by atoms with van der Waals surface area (Å²) in [6.45, 7) is 0.590. The van der Waals surface area contributed by atoms with Crippen LogP contribution in [-0.2, 0) is 11.3 Å². The number of fused-ring (bicyclic) bond motifs is 1. The first-order valence-corrected chi connectivity index (χ1v) is 4.76. The van der Waals surface area contributed by atoms with Crippen LogP contribution in [0.4, 0.5) is 0 Å². The molecule has 0 atom stereocenters. The molecule has 0 aliphatic rings. The number of aryl methyl sites for hydroxylation is 1. The molecule has 0 unspecified atom stereocenters. The lowest BCUT2D eigenvalue weighted by atomic mass is 10.3. The van der Waals surface area contributed by atoms with Crippen LogP contribution in [0, 0.1) is 0 Å². The van der Waals surface area contributed by atoms with Crippen LogP contribution in [0.3, 0.4) is 0 Å². The number of rotatable bonds is 4. The normalized spacial score (nSPS) is 10.7. The van der Waals surface area contributed by atoms with E-state index in [0.29, 0.717) is 13.0 Å². The summed E-state index contributed by atoms with van der Waals surface area (Å²) in [5.74, 6) is -0.778. The van der Waals surface area contributed by atoms with Crippen molar-refractivity contribution in [3.05, 3.63) is 24.5 Å². The zero-order valence-electron chi connectivity index (χ0n) is 8.13. The summed E-state index contributed by atoms with van der Waals surface area (Å²) in [5.41, 5.74) is 0.808. The van der Waals surface area contributed by atoms with Crippen LogP contribution in [0.2, 0.25) is 0 Å². The largest absolute Gasteiger partial charge is 0.481 e. The fraction of sp³-hybridized carbons (Fsp3) is 0.300. The van der Waals surface area contributed by atoms with Gasteiger partial charge in [-0.3, -0.25) is 4.79 Å². The highest BCUT2D eigenvalue weighted by Gasteiger charge is 2.03. The smallest absolute Gasteiger partial charge is 0.303 e. The summed E-state index contributed by atoms with van der Waals surface area (Å²) < 4.78 is 1.73. The van der Waals surface area contributed by atoms with E-state index < -0.39 is 5.97 Å². The van der Waals surface area contributed by atoms with Crippen molar-refractivity contribution in [3.8, 4) is 0 Å². The third-order valence-electron chi connectivity index (χ3n) is 2.16. The molecule has 0 fully saturated rings. The predicted octanol–water partition coefficient (Wildman–Crippen LogP) is 1.30. The summed E-state index contributed by atoms with van der Waals surface area (Å²) in [6.07, 6.45) is 4.18. The minimum atomic E-state index is -0.778. The van der Waals surface area contributed by atoms with Crippen molar-refractivity contribution in [2.24, 2.45) is 0 Å². The van der Waals surface area contributed by atoms with E-state index >= 15 is 0 Å². The number of aliphatic carboxylic acids is 1. The van der Waals surface area contributed by atoms with E-state index in [1.807, 2.05) is 12.1 Å². The Labute approximate surface area is 86.4 Å². The number of hydrogen-bond donors (Lipinski definition) is 1. The highest BCUT2D eigenvalue weighted by atomic mass is 16.4. The van der Waals surface area contributed by atoms with Gasteiger partial charge in [0.1, 0.15) is 0 Å². The number of carboxylic acid groups (broad SMARTS) is 1. The van der Waals surface area contributed by atoms with E-state index in [2.05, 4.69) is 10.1 Å². The van der Waals surface area contributed by atoms with Crippen LogP contribution >= 0.6 is 0 Å². The summed E-state index contributed by atoms with van der Waals surface area (Å²) in [7, 11) is 0. The van der Waals surface area contributed by atoms with Crippen LogP contribution in [0.15, 0.2) is 24.5 Å². The molecule has 5 nitrogen and oxygen atoms in total. The number of nitrogens with zero attached hydrogens (tertiary/aromatic N) is 3. The van der Waals surface area contributed by atoms with E-state index in [9.17, 15) is 4.79 Å². The van der Waals surface area contributed by atoms with E-state index in [-0.39, 0.29) is 6.42 Å². The van der Waals surface area contributed by atoms with Crippen LogP contribution in [0.25, 0.3) is 11.0 Å². The lowest BCUT2D eigenvalue weighted by Crippen LogP contribution is -2.03. The van der Waals surface area contributed by atoms with E-state index in [0.717, 1.165) is 11.0 Å². The second-order valence-corrected chi connectivity index (χ2v) is 3.28. The molecule has 2 rings (SSSR count). The molecule has 0 aromatic carbocycles. The predicted molar refractivity (Wildman–Crippen MR) is 54.4 cm³/mol. The van der Waals surface area contributed by atoms with Gasteiger partial charge in [-0.25, -0.2) is 9.67 Å². The van der Waals surface area contributed by atoms with Gasteiger partial charge in [-0.05, 0) is 18.6 Å². The summed E-state index contributed by atoms with van der Waals surface area (Å²) in [4.78, 5) is 14.5. The molecule has 2 aromatic heterocycles. The van der Waals surface area contributed by atoms with E-state index in [1.165, 1.54) is 0 Å².